The first-order valence-electron chi connectivity index (χ1n) is 7.17. The number of nitrogens with one attached hydrogen (secondary N) is 1. The molecule has 5 nitrogen and oxygen atoms in total. The van der Waals surface area contributed by atoms with Gasteiger partial charge in [0.05, 0.1) is 11.5 Å². The monoisotopic (exact) mass is 348 g/mol. The normalized spacial score (nSPS) is 10.8. The van der Waals surface area contributed by atoms with E-state index in [1.807, 2.05) is 35.0 Å². The lowest BCUT2D eigenvalue weighted by Crippen LogP contribution is -2.29. The standard InChI is InChI=1S/C16H16N2O3S2/c19-16(17-6-5-13-3-1-7-22-13)11-20-10-12-9-14(21-18-12)15-4-2-8-23-15/h1-4,7-9H,5-6,10-11H2,(H,17,19). The Bertz CT molecular complexity index is 720. The van der Waals surface area contributed by atoms with E-state index in [2.05, 4.69) is 16.5 Å². The molecule has 0 unspecified atom stereocenters. The van der Waals surface area contributed by atoms with Crippen LogP contribution in [0.3, 0.4) is 0 Å². The fourth-order valence-electron chi connectivity index (χ4n) is 1.99. The van der Waals surface area contributed by atoms with Crippen LogP contribution in [0.15, 0.2) is 45.6 Å². The molecule has 0 fully saturated rings. The van der Waals surface area contributed by atoms with Gasteiger partial charge in [0.15, 0.2) is 5.76 Å². The van der Waals surface area contributed by atoms with Gasteiger partial charge in [-0.15, -0.1) is 22.7 Å². The zero-order valence-electron chi connectivity index (χ0n) is 12.4. The Kier molecular flexibility index (Phi) is 5.57. The Balaban J connectivity index is 1.35. The molecule has 0 saturated heterocycles. The lowest BCUT2D eigenvalue weighted by atomic mass is 10.3. The van der Waals surface area contributed by atoms with E-state index in [9.17, 15) is 4.79 Å². The summed E-state index contributed by atoms with van der Waals surface area (Å²) in [4.78, 5) is 14.0. The van der Waals surface area contributed by atoms with Crippen LogP contribution < -0.4 is 5.32 Å². The van der Waals surface area contributed by atoms with Gasteiger partial charge in [-0.2, -0.15) is 0 Å². The maximum atomic E-state index is 11.7. The predicted octanol–water partition coefficient (Wildman–Crippen LogP) is 3.34. The number of amides is 1. The van der Waals surface area contributed by atoms with Gasteiger partial charge < -0.3 is 14.6 Å². The number of rotatable bonds is 8. The van der Waals surface area contributed by atoms with Gasteiger partial charge in [-0.05, 0) is 29.3 Å². The molecule has 3 heterocycles. The first-order chi connectivity index (χ1) is 11.3. The Hall–Kier alpha value is -1.96. The first-order valence-corrected chi connectivity index (χ1v) is 8.93. The molecule has 23 heavy (non-hydrogen) atoms. The second-order valence-electron chi connectivity index (χ2n) is 4.83. The highest BCUT2D eigenvalue weighted by molar-refractivity contribution is 7.13. The van der Waals surface area contributed by atoms with Crippen LogP contribution >= 0.6 is 22.7 Å². The van der Waals surface area contributed by atoms with Crippen molar-refractivity contribution in [2.75, 3.05) is 13.2 Å². The minimum Gasteiger partial charge on any atom is -0.365 e. The molecule has 0 aromatic carbocycles. The molecule has 0 aliphatic heterocycles. The van der Waals surface area contributed by atoms with E-state index < -0.39 is 0 Å². The molecule has 3 aromatic rings. The molecule has 3 aromatic heterocycles. The maximum absolute atomic E-state index is 11.7. The number of carbonyl (C=O) groups is 1. The fourth-order valence-corrected chi connectivity index (χ4v) is 3.38. The van der Waals surface area contributed by atoms with Crippen molar-refractivity contribution in [1.29, 1.82) is 0 Å². The molecule has 0 aliphatic carbocycles. The first kappa shape index (κ1) is 15.9. The highest BCUT2D eigenvalue weighted by atomic mass is 32.1. The quantitative estimate of drug-likeness (QED) is 0.678. The number of carbonyl (C=O) groups excluding carboxylic acids is 1. The molecule has 0 bridgehead atoms. The minimum atomic E-state index is -0.122. The average Bonchev–Trinajstić information content (AvgIpc) is 3.29. The van der Waals surface area contributed by atoms with Crippen molar-refractivity contribution < 1.29 is 14.1 Å². The van der Waals surface area contributed by atoms with Gasteiger partial charge in [-0.1, -0.05) is 17.3 Å². The van der Waals surface area contributed by atoms with Gasteiger partial charge in [0, 0.05) is 17.5 Å². The van der Waals surface area contributed by atoms with Crippen molar-refractivity contribution in [3.63, 3.8) is 0 Å². The number of ether oxygens (including phenoxy) is 1. The molecule has 0 atom stereocenters. The zero-order chi connectivity index (χ0) is 15.9. The fraction of sp³-hybridized carbons (Fsp3) is 0.250. The predicted molar refractivity (Wildman–Crippen MR) is 90.5 cm³/mol. The number of nitrogens with zero attached hydrogens (tertiary/aromatic N) is 1. The van der Waals surface area contributed by atoms with E-state index in [4.69, 9.17) is 9.26 Å². The van der Waals surface area contributed by atoms with Gasteiger partial charge in [0.1, 0.15) is 12.3 Å². The third-order valence-corrected chi connectivity index (χ3v) is 4.90. The molecule has 7 heteroatoms. The molecule has 3 rings (SSSR count). The molecule has 1 N–H and O–H groups in total. The molecule has 0 saturated carbocycles. The molecule has 0 radical (unpaired) electrons. The van der Waals surface area contributed by atoms with E-state index in [-0.39, 0.29) is 19.1 Å². The van der Waals surface area contributed by atoms with E-state index in [1.165, 1.54) is 4.88 Å². The van der Waals surface area contributed by atoms with Crippen molar-refractivity contribution in [2.24, 2.45) is 0 Å². The van der Waals surface area contributed by atoms with Crippen molar-refractivity contribution in [3.8, 4) is 10.6 Å². The summed E-state index contributed by atoms with van der Waals surface area (Å²) in [5, 5.41) is 10.8. The van der Waals surface area contributed by atoms with E-state index in [1.54, 1.807) is 22.7 Å². The highest BCUT2D eigenvalue weighted by Crippen LogP contribution is 2.25. The molecular weight excluding hydrogens is 332 g/mol. The number of thiophene rings is 2. The van der Waals surface area contributed by atoms with Crippen molar-refractivity contribution in [3.05, 3.63) is 51.7 Å². The van der Waals surface area contributed by atoms with E-state index in [0.29, 0.717) is 12.2 Å². The van der Waals surface area contributed by atoms with Gasteiger partial charge in [0.2, 0.25) is 5.91 Å². The second kappa shape index (κ2) is 8.05. The third kappa shape index (κ3) is 4.75. The average molecular weight is 348 g/mol. The molecule has 0 aliphatic rings. The Morgan fingerprint density at radius 2 is 2.13 bits per heavy atom. The van der Waals surface area contributed by atoms with Crippen molar-refractivity contribution in [2.45, 2.75) is 13.0 Å². The van der Waals surface area contributed by atoms with Crippen LogP contribution in [0, 0.1) is 0 Å². The maximum Gasteiger partial charge on any atom is 0.246 e. The summed E-state index contributed by atoms with van der Waals surface area (Å²) < 4.78 is 10.6. The Labute approximate surface area is 141 Å². The number of hydrogen-bond donors (Lipinski definition) is 1. The molecule has 1 amide bonds. The highest BCUT2D eigenvalue weighted by Gasteiger charge is 2.08. The number of aromatic nitrogens is 1. The summed E-state index contributed by atoms with van der Waals surface area (Å²) >= 11 is 3.28. The van der Waals surface area contributed by atoms with Crippen LogP contribution in [0.25, 0.3) is 10.6 Å². The van der Waals surface area contributed by atoms with Crippen LogP contribution in [0.2, 0.25) is 0 Å². The lowest BCUT2D eigenvalue weighted by Gasteiger charge is -2.04. The second-order valence-corrected chi connectivity index (χ2v) is 6.81. The number of hydrogen-bond acceptors (Lipinski definition) is 6. The van der Waals surface area contributed by atoms with Crippen LogP contribution in [0.4, 0.5) is 0 Å². The summed E-state index contributed by atoms with van der Waals surface area (Å²) in [6.45, 7) is 0.897. The van der Waals surface area contributed by atoms with Crippen molar-refractivity contribution >= 4 is 28.6 Å². The third-order valence-electron chi connectivity index (χ3n) is 3.08. The van der Waals surface area contributed by atoms with E-state index in [0.717, 1.165) is 17.1 Å². The minimum absolute atomic E-state index is 0.0195. The molecule has 0 spiro atoms. The van der Waals surface area contributed by atoms with Crippen LogP contribution in [0.5, 0.6) is 0 Å². The molecule has 120 valence electrons. The Morgan fingerprint density at radius 1 is 1.26 bits per heavy atom. The van der Waals surface area contributed by atoms with Crippen LogP contribution in [-0.4, -0.2) is 24.2 Å². The molecular formula is C16H16N2O3S2. The van der Waals surface area contributed by atoms with Gasteiger partial charge >= 0.3 is 0 Å². The lowest BCUT2D eigenvalue weighted by molar-refractivity contribution is -0.126. The van der Waals surface area contributed by atoms with E-state index >= 15 is 0 Å². The largest absolute Gasteiger partial charge is 0.365 e. The van der Waals surface area contributed by atoms with Crippen LogP contribution in [-0.2, 0) is 22.6 Å². The zero-order valence-corrected chi connectivity index (χ0v) is 14.0. The summed E-state index contributed by atoms with van der Waals surface area (Å²) in [6.07, 6.45) is 0.844. The van der Waals surface area contributed by atoms with Gasteiger partial charge in [-0.3, -0.25) is 4.79 Å². The Morgan fingerprint density at radius 3 is 2.91 bits per heavy atom. The smallest absolute Gasteiger partial charge is 0.246 e. The summed E-state index contributed by atoms with van der Waals surface area (Å²) in [7, 11) is 0. The van der Waals surface area contributed by atoms with Gasteiger partial charge in [-0.25, -0.2) is 0 Å². The van der Waals surface area contributed by atoms with Crippen LogP contribution in [0.1, 0.15) is 10.6 Å². The summed E-state index contributed by atoms with van der Waals surface area (Å²) in [5.74, 6) is 0.600. The van der Waals surface area contributed by atoms with Crippen molar-refractivity contribution in [1.82, 2.24) is 10.5 Å². The summed E-state index contributed by atoms with van der Waals surface area (Å²) in [6, 6.07) is 9.83. The topological polar surface area (TPSA) is 64.4 Å². The van der Waals surface area contributed by atoms with Gasteiger partial charge in [0.25, 0.3) is 0 Å². The summed E-state index contributed by atoms with van der Waals surface area (Å²) in [5.41, 5.74) is 0.680. The SMILES string of the molecule is O=C(COCc1cc(-c2cccs2)on1)NCCc1cccs1.